The van der Waals surface area contributed by atoms with E-state index in [1.807, 2.05) is 20.8 Å². The molecule has 0 radical (unpaired) electrons. The Kier molecular flexibility index (Phi) is 4.80. The SMILES string of the molecule is COC(=O)[C@]1(C)CCC[C@@]2(C)[C@H]1CC(=O)[C@H]1[C@@H](O)[C@](O)(C(C)C)CC[C@@H]12. The summed E-state index contributed by atoms with van der Waals surface area (Å²) in [5.41, 5.74) is -2.06. The first-order chi connectivity index (χ1) is 12.0. The van der Waals surface area contributed by atoms with Crippen LogP contribution in [0.25, 0.3) is 0 Å². The normalized spacial score (nSPS) is 48.7. The van der Waals surface area contributed by atoms with Gasteiger partial charge in [-0.05, 0) is 55.8 Å². The van der Waals surface area contributed by atoms with Crippen LogP contribution >= 0.6 is 0 Å². The summed E-state index contributed by atoms with van der Waals surface area (Å²) in [5.74, 6) is -0.925. The summed E-state index contributed by atoms with van der Waals surface area (Å²) < 4.78 is 5.10. The summed E-state index contributed by atoms with van der Waals surface area (Å²) in [6, 6.07) is 0. The monoisotopic (exact) mass is 366 g/mol. The van der Waals surface area contributed by atoms with Crippen molar-refractivity contribution in [2.75, 3.05) is 7.11 Å². The Bertz CT molecular complexity index is 601. The van der Waals surface area contributed by atoms with Crippen LogP contribution in [-0.4, -0.2) is 40.8 Å². The van der Waals surface area contributed by atoms with Crippen molar-refractivity contribution >= 4 is 11.8 Å². The van der Waals surface area contributed by atoms with E-state index < -0.39 is 23.0 Å². The molecule has 0 aromatic heterocycles. The zero-order valence-corrected chi connectivity index (χ0v) is 16.7. The van der Waals surface area contributed by atoms with Gasteiger partial charge in [0, 0.05) is 12.3 Å². The van der Waals surface area contributed by atoms with E-state index >= 15 is 0 Å². The number of carbonyl (C=O) groups is 2. The highest BCUT2D eigenvalue weighted by molar-refractivity contribution is 5.86. The average molecular weight is 366 g/mol. The fraction of sp³-hybridized carbons (Fsp3) is 0.905. The molecule has 0 aromatic carbocycles. The van der Waals surface area contributed by atoms with Gasteiger partial charge in [-0.15, -0.1) is 0 Å². The highest BCUT2D eigenvalue weighted by Crippen LogP contribution is 2.64. The molecule has 7 atom stereocenters. The Morgan fingerprint density at radius 1 is 1.23 bits per heavy atom. The molecule has 0 amide bonds. The second-order valence-electron chi connectivity index (χ2n) is 9.75. The number of hydrogen-bond acceptors (Lipinski definition) is 5. The fourth-order valence-corrected chi connectivity index (χ4v) is 6.65. The van der Waals surface area contributed by atoms with Gasteiger partial charge < -0.3 is 14.9 Å². The maximum atomic E-state index is 13.1. The molecule has 0 aromatic rings. The van der Waals surface area contributed by atoms with Gasteiger partial charge in [-0.25, -0.2) is 0 Å². The van der Waals surface area contributed by atoms with Crippen LogP contribution in [0.1, 0.15) is 66.2 Å². The summed E-state index contributed by atoms with van der Waals surface area (Å²) in [7, 11) is 1.42. The van der Waals surface area contributed by atoms with Gasteiger partial charge in [-0.1, -0.05) is 27.2 Å². The highest BCUT2D eigenvalue weighted by atomic mass is 16.5. The number of aliphatic hydroxyl groups is 2. The molecule has 3 fully saturated rings. The van der Waals surface area contributed by atoms with Crippen LogP contribution in [0.15, 0.2) is 0 Å². The summed E-state index contributed by atoms with van der Waals surface area (Å²) in [6.45, 7) is 7.93. The lowest BCUT2D eigenvalue weighted by Gasteiger charge is -2.62. The Labute approximate surface area is 156 Å². The van der Waals surface area contributed by atoms with Crippen LogP contribution in [-0.2, 0) is 14.3 Å². The van der Waals surface area contributed by atoms with Crippen molar-refractivity contribution in [2.24, 2.45) is 34.5 Å². The number of ketones is 1. The molecular weight excluding hydrogens is 332 g/mol. The molecule has 3 aliphatic carbocycles. The quantitative estimate of drug-likeness (QED) is 0.734. The van der Waals surface area contributed by atoms with Gasteiger partial charge in [0.1, 0.15) is 5.78 Å². The molecule has 0 saturated heterocycles. The van der Waals surface area contributed by atoms with Gasteiger partial charge >= 0.3 is 5.97 Å². The minimum absolute atomic E-state index is 0.000720. The Balaban J connectivity index is 2.01. The van der Waals surface area contributed by atoms with E-state index in [9.17, 15) is 19.8 Å². The highest BCUT2D eigenvalue weighted by Gasteiger charge is 2.65. The van der Waals surface area contributed by atoms with E-state index in [-0.39, 0.29) is 41.3 Å². The van der Waals surface area contributed by atoms with Crippen molar-refractivity contribution in [3.8, 4) is 0 Å². The smallest absolute Gasteiger partial charge is 0.311 e. The summed E-state index contributed by atoms with van der Waals surface area (Å²) in [4.78, 5) is 25.7. The topological polar surface area (TPSA) is 83.8 Å². The first-order valence-corrected chi connectivity index (χ1v) is 10.0. The first-order valence-electron chi connectivity index (χ1n) is 10.0. The Morgan fingerprint density at radius 2 is 1.88 bits per heavy atom. The largest absolute Gasteiger partial charge is 0.469 e. The van der Waals surface area contributed by atoms with E-state index in [1.54, 1.807) is 0 Å². The molecule has 2 N–H and O–H groups in total. The maximum Gasteiger partial charge on any atom is 0.311 e. The molecule has 26 heavy (non-hydrogen) atoms. The van der Waals surface area contributed by atoms with Crippen molar-refractivity contribution in [1.29, 1.82) is 0 Å². The van der Waals surface area contributed by atoms with Gasteiger partial charge in [0.25, 0.3) is 0 Å². The fourth-order valence-electron chi connectivity index (χ4n) is 6.65. The third kappa shape index (κ3) is 2.50. The second-order valence-corrected chi connectivity index (χ2v) is 9.75. The predicted octanol–water partition coefficient (Wildman–Crippen LogP) is 2.72. The molecule has 0 aliphatic heterocycles. The standard InChI is InChI=1S/C21H34O5/c1-12(2)21(25)10-7-13-16(17(21)23)14(22)11-15-19(13,3)8-6-9-20(15,4)18(24)26-5/h12-13,15-17,23,25H,6-11H2,1-5H3/t13-,15+,16-,17+,19+,20+,21+/m0/s1. The molecule has 5 heteroatoms. The van der Waals surface area contributed by atoms with E-state index in [1.165, 1.54) is 7.11 Å². The molecule has 0 spiro atoms. The number of carbonyl (C=O) groups excluding carboxylic acids is 2. The molecule has 148 valence electrons. The minimum Gasteiger partial charge on any atom is -0.469 e. The number of fused-ring (bicyclic) bond motifs is 3. The predicted molar refractivity (Wildman–Crippen MR) is 97.2 cm³/mol. The van der Waals surface area contributed by atoms with Gasteiger partial charge in [0.2, 0.25) is 0 Å². The summed E-state index contributed by atoms with van der Waals surface area (Å²) in [6.07, 6.45) is 3.07. The third-order valence-electron chi connectivity index (χ3n) is 8.39. The van der Waals surface area contributed by atoms with Gasteiger partial charge in [0.05, 0.1) is 24.2 Å². The molecular formula is C21H34O5. The van der Waals surface area contributed by atoms with Crippen LogP contribution in [0.3, 0.4) is 0 Å². The molecule has 0 heterocycles. The number of esters is 1. The number of ether oxygens (including phenoxy) is 1. The second kappa shape index (κ2) is 6.30. The van der Waals surface area contributed by atoms with Crippen LogP contribution in [0.2, 0.25) is 0 Å². The van der Waals surface area contributed by atoms with E-state index in [0.29, 0.717) is 12.8 Å². The van der Waals surface area contributed by atoms with Crippen LogP contribution < -0.4 is 0 Å². The number of Topliss-reactive ketones (excluding diaryl/α,β-unsaturated/α-hetero) is 1. The van der Waals surface area contributed by atoms with Gasteiger partial charge in [-0.3, -0.25) is 9.59 Å². The molecule has 3 rings (SSSR count). The van der Waals surface area contributed by atoms with E-state index in [2.05, 4.69) is 6.92 Å². The van der Waals surface area contributed by atoms with E-state index in [4.69, 9.17) is 4.74 Å². The zero-order valence-electron chi connectivity index (χ0n) is 16.7. The van der Waals surface area contributed by atoms with E-state index in [0.717, 1.165) is 19.3 Å². The molecule has 0 unspecified atom stereocenters. The summed E-state index contributed by atoms with van der Waals surface area (Å²) in [5, 5.41) is 22.0. The Morgan fingerprint density at radius 3 is 2.46 bits per heavy atom. The van der Waals surface area contributed by atoms with Gasteiger partial charge in [-0.2, -0.15) is 0 Å². The molecule has 3 aliphatic rings. The average Bonchev–Trinajstić information content (AvgIpc) is 2.58. The van der Waals surface area contributed by atoms with Crippen LogP contribution in [0, 0.1) is 34.5 Å². The van der Waals surface area contributed by atoms with Crippen LogP contribution in [0.4, 0.5) is 0 Å². The number of aliphatic hydroxyl groups excluding tert-OH is 1. The Hall–Kier alpha value is -0.940. The zero-order chi connectivity index (χ0) is 19.5. The maximum absolute atomic E-state index is 13.1. The molecule has 0 bridgehead atoms. The lowest BCUT2D eigenvalue weighted by molar-refractivity contribution is -0.213. The van der Waals surface area contributed by atoms with Crippen molar-refractivity contribution in [3.05, 3.63) is 0 Å². The number of rotatable bonds is 2. The summed E-state index contributed by atoms with van der Waals surface area (Å²) >= 11 is 0. The van der Waals surface area contributed by atoms with Crippen molar-refractivity contribution in [2.45, 2.75) is 77.9 Å². The number of methoxy groups -OCH3 is 1. The first kappa shape index (κ1) is 19.8. The molecule has 5 nitrogen and oxygen atoms in total. The minimum atomic E-state index is -1.21. The van der Waals surface area contributed by atoms with Gasteiger partial charge in [0.15, 0.2) is 0 Å². The van der Waals surface area contributed by atoms with Crippen molar-refractivity contribution in [3.63, 3.8) is 0 Å². The van der Waals surface area contributed by atoms with Crippen molar-refractivity contribution in [1.82, 2.24) is 0 Å². The number of hydrogen-bond donors (Lipinski definition) is 2. The lowest BCUT2D eigenvalue weighted by atomic mass is 9.42. The lowest BCUT2D eigenvalue weighted by Crippen LogP contribution is -2.65. The molecule has 3 saturated carbocycles. The van der Waals surface area contributed by atoms with Crippen LogP contribution in [0.5, 0.6) is 0 Å². The third-order valence-corrected chi connectivity index (χ3v) is 8.39. The van der Waals surface area contributed by atoms with Crippen molar-refractivity contribution < 1.29 is 24.5 Å².